The van der Waals surface area contributed by atoms with Gasteiger partial charge in [0.15, 0.2) is 5.03 Å². The van der Waals surface area contributed by atoms with Crippen molar-refractivity contribution in [2.75, 3.05) is 0 Å². The van der Waals surface area contributed by atoms with Crippen LogP contribution in [0.4, 0.5) is 19.4 Å². The fourth-order valence-electron chi connectivity index (χ4n) is 1.42. The van der Waals surface area contributed by atoms with Crippen molar-refractivity contribution in [3.8, 4) is 5.88 Å². The van der Waals surface area contributed by atoms with Gasteiger partial charge in [-0.2, -0.15) is 4.98 Å². The van der Waals surface area contributed by atoms with Crippen LogP contribution in [0.1, 0.15) is 5.56 Å². The van der Waals surface area contributed by atoms with Crippen LogP contribution in [0, 0.1) is 0 Å². The number of benzene rings is 1. The van der Waals surface area contributed by atoms with Crippen molar-refractivity contribution >= 4 is 10.2 Å². The molecule has 0 N–H and O–H groups in total. The highest BCUT2D eigenvalue weighted by Crippen LogP contribution is 3.01. The van der Waals surface area contributed by atoms with E-state index in [1.165, 1.54) is 0 Å². The van der Waals surface area contributed by atoms with Crippen LogP contribution in [0.5, 0.6) is 5.88 Å². The van der Waals surface area contributed by atoms with Crippen molar-refractivity contribution in [2.24, 2.45) is 0 Å². The molecule has 0 aliphatic carbocycles. The molecule has 2 nitrogen and oxygen atoms in total. The summed E-state index contributed by atoms with van der Waals surface area (Å²) in [5, 5.41) is -2.20. The smallest absolute Gasteiger partial charge is 0.326 e. The maximum atomic E-state index is 12.6. The van der Waals surface area contributed by atoms with Crippen LogP contribution >= 0.6 is 10.2 Å². The van der Waals surface area contributed by atoms with E-state index in [-0.39, 0.29) is 12.7 Å². The van der Waals surface area contributed by atoms with Gasteiger partial charge in [-0.3, -0.25) is 0 Å². The molecule has 8 heteroatoms. The summed E-state index contributed by atoms with van der Waals surface area (Å²) in [6, 6.07) is 10.7. The van der Waals surface area contributed by atoms with Gasteiger partial charge in [-0.1, -0.05) is 55.8 Å². The second-order valence-electron chi connectivity index (χ2n) is 4.06. The number of nitrogens with zero attached hydrogens (tertiary/aromatic N) is 1. The lowest BCUT2D eigenvalue weighted by Crippen LogP contribution is -2.09. The molecule has 0 bridgehead atoms. The molecule has 110 valence electrons. The molecular weight excluding hydrogens is 301 g/mol. The molecule has 1 heterocycles. The molecule has 20 heavy (non-hydrogen) atoms. The second kappa shape index (κ2) is 4.08. The molecule has 0 saturated heterocycles. The van der Waals surface area contributed by atoms with E-state index in [1.54, 1.807) is 30.3 Å². The van der Waals surface area contributed by atoms with E-state index >= 15 is 0 Å². The summed E-state index contributed by atoms with van der Waals surface area (Å²) >= 11 is 0. The zero-order chi connectivity index (χ0) is 14.9. The molecule has 0 spiro atoms. The Morgan fingerprint density at radius 2 is 1.50 bits per heavy atom. The summed E-state index contributed by atoms with van der Waals surface area (Å²) in [5.41, 5.74) is 0.687. The van der Waals surface area contributed by atoms with Crippen molar-refractivity contribution < 1.29 is 24.2 Å². The first kappa shape index (κ1) is 14.6. The summed E-state index contributed by atoms with van der Waals surface area (Å²) in [6.07, 6.45) is 0. The van der Waals surface area contributed by atoms with Gasteiger partial charge in [-0.15, -0.1) is 0 Å². The van der Waals surface area contributed by atoms with E-state index in [0.717, 1.165) is 12.1 Å². The van der Waals surface area contributed by atoms with Crippen molar-refractivity contribution in [2.45, 2.75) is 11.6 Å². The van der Waals surface area contributed by atoms with Crippen molar-refractivity contribution in [1.29, 1.82) is 0 Å². The van der Waals surface area contributed by atoms with Gasteiger partial charge >= 0.3 is 10.2 Å². The quantitative estimate of drug-likeness (QED) is 0.713. The lowest BCUT2D eigenvalue weighted by atomic mass is 10.2. The Morgan fingerprint density at radius 1 is 0.850 bits per heavy atom. The van der Waals surface area contributed by atoms with Crippen LogP contribution in [0.15, 0.2) is 53.6 Å². The third kappa shape index (κ3) is 3.83. The van der Waals surface area contributed by atoms with Crippen LogP contribution < -0.4 is 4.74 Å². The van der Waals surface area contributed by atoms with Crippen molar-refractivity contribution in [3.05, 3.63) is 54.1 Å². The third-order valence-electron chi connectivity index (χ3n) is 2.32. The molecule has 2 rings (SSSR count). The van der Waals surface area contributed by atoms with E-state index in [9.17, 15) is 19.4 Å². The van der Waals surface area contributed by atoms with Gasteiger partial charge in [0.2, 0.25) is 5.88 Å². The maximum absolute atomic E-state index is 12.6. The predicted octanol–water partition coefficient (Wildman–Crippen LogP) is 5.32. The Morgan fingerprint density at radius 3 is 2.10 bits per heavy atom. The first-order chi connectivity index (χ1) is 9.04. The Bertz CT molecular complexity index is 614. The minimum Gasteiger partial charge on any atom is -0.473 e. The van der Waals surface area contributed by atoms with Crippen molar-refractivity contribution in [3.63, 3.8) is 0 Å². The maximum Gasteiger partial charge on any atom is 0.326 e. The zero-order valence-electron chi connectivity index (χ0n) is 9.98. The molecular formula is C12H10F5NOS. The van der Waals surface area contributed by atoms with Crippen LogP contribution in [0.25, 0.3) is 0 Å². The highest BCUT2D eigenvalue weighted by Gasteiger charge is 2.67. The lowest BCUT2D eigenvalue weighted by Gasteiger charge is -2.39. The predicted molar refractivity (Wildman–Crippen MR) is 66.4 cm³/mol. The fraction of sp³-hybridized carbons (Fsp3) is 0.0833. The second-order valence-corrected chi connectivity index (χ2v) is 6.41. The molecule has 0 aliphatic rings. The summed E-state index contributed by atoms with van der Waals surface area (Å²) in [7, 11) is -9.77. The zero-order valence-corrected chi connectivity index (χ0v) is 10.8. The normalized spacial score (nSPS) is 15.2. The van der Waals surface area contributed by atoms with Gasteiger partial charge in [0.1, 0.15) is 6.61 Å². The van der Waals surface area contributed by atoms with Gasteiger partial charge in [-0.25, -0.2) is 0 Å². The van der Waals surface area contributed by atoms with E-state index in [2.05, 4.69) is 4.98 Å². The number of pyridine rings is 1. The molecule has 0 aliphatic heterocycles. The van der Waals surface area contributed by atoms with Crippen LogP contribution in [0.2, 0.25) is 0 Å². The van der Waals surface area contributed by atoms with E-state index < -0.39 is 21.1 Å². The summed E-state index contributed by atoms with van der Waals surface area (Å²) < 4.78 is 67.9. The van der Waals surface area contributed by atoms with E-state index in [4.69, 9.17) is 4.74 Å². The molecule has 1 aromatic heterocycles. The Balaban J connectivity index is 2.20. The number of hydrogen-bond donors (Lipinski definition) is 0. The minimum atomic E-state index is -9.77. The Kier molecular flexibility index (Phi) is 2.97. The molecule has 0 atom stereocenters. The number of ether oxygens (including phenoxy) is 1. The summed E-state index contributed by atoms with van der Waals surface area (Å²) in [5.74, 6) is -0.500. The third-order valence-corrected chi connectivity index (χ3v) is 3.34. The number of rotatable bonds is 4. The van der Waals surface area contributed by atoms with E-state index in [0.29, 0.717) is 5.56 Å². The lowest BCUT2D eigenvalue weighted by molar-refractivity contribution is 0.287. The highest BCUT2D eigenvalue weighted by molar-refractivity contribution is 8.45. The summed E-state index contributed by atoms with van der Waals surface area (Å²) in [4.78, 5) is 2.86. The summed E-state index contributed by atoms with van der Waals surface area (Å²) in [6.45, 7) is -0.0579. The standard InChI is InChI=1S/C12H10F5NOS/c13-20(14,15,16,17)12-8-4-7-11(18-12)19-9-10-5-2-1-3-6-10/h1-8H,9H2. The van der Waals surface area contributed by atoms with Gasteiger partial charge in [-0.05, 0) is 11.6 Å². The largest absolute Gasteiger partial charge is 0.473 e. The van der Waals surface area contributed by atoms with Crippen LogP contribution in [-0.4, -0.2) is 4.98 Å². The average Bonchev–Trinajstić information content (AvgIpc) is 2.35. The van der Waals surface area contributed by atoms with E-state index in [1.807, 2.05) is 0 Å². The molecule has 0 radical (unpaired) electrons. The van der Waals surface area contributed by atoms with Crippen LogP contribution in [0.3, 0.4) is 0 Å². The molecule has 2 aromatic rings. The molecule has 1 aromatic carbocycles. The number of aromatic nitrogens is 1. The van der Waals surface area contributed by atoms with Gasteiger partial charge in [0.05, 0.1) is 0 Å². The van der Waals surface area contributed by atoms with Gasteiger partial charge in [0.25, 0.3) is 0 Å². The monoisotopic (exact) mass is 311 g/mol. The molecule has 0 fully saturated rings. The Hall–Kier alpha value is -1.83. The first-order valence-electron chi connectivity index (χ1n) is 5.42. The number of hydrogen-bond acceptors (Lipinski definition) is 2. The van der Waals surface area contributed by atoms with Crippen molar-refractivity contribution in [1.82, 2.24) is 4.98 Å². The minimum absolute atomic E-state index is 0.0579. The highest BCUT2D eigenvalue weighted by atomic mass is 32.5. The van der Waals surface area contributed by atoms with Crippen LogP contribution in [-0.2, 0) is 6.61 Å². The molecule has 0 unspecified atom stereocenters. The fourth-order valence-corrected chi connectivity index (χ4v) is 2.02. The topological polar surface area (TPSA) is 22.1 Å². The number of halogens is 5. The Labute approximate surface area is 111 Å². The van der Waals surface area contributed by atoms with Gasteiger partial charge in [0, 0.05) is 6.07 Å². The molecule has 0 saturated carbocycles. The first-order valence-corrected chi connectivity index (χ1v) is 7.38. The average molecular weight is 311 g/mol. The van der Waals surface area contributed by atoms with Gasteiger partial charge < -0.3 is 4.74 Å². The molecule has 0 amide bonds. The SMILES string of the molecule is FS(F)(F)(F)(F)c1cccc(OCc2ccccc2)n1.